The summed E-state index contributed by atoms with van der Waals surface area (Å²) in [5, 5.41) is 257. The van der Waals surface area contributed by atoms with E-state index >= 15 is 0 Å². The second-order valence-corrected chi connectivity index (χ2v) is 23.9. The molecule has 0 aromatic heterocycles. The van der Waals surface area contributed by atoms with Crippen molar-refractivity contribution < 1.29 is 203 Å². The quantitative estimate of drug-likeness (QED) is 0.0452. The highest BCUT2D eigenvalue weighted by molar-refractivity contribution is 5.74. The van der Waals surface area contributed by atoms with Crippen LogP contribution in [0.2, 0.25) is 0 Å². The number of carboxylic acid groups (broad SMARTS) is 1. The van der Waals surface area contributed by atoms with Crippen LogP contribution in [0, 0.1) is 0 Å². The second kappa shape index (κ2) is 33.2. The molecule has 43 nitrogen and oxygen atoms in total. The third kappa shape index (κ3) is 16.5. The highest BCUT2D eigenvalue weighted by Crippen LogP contribution is 2.41. The van der Waals surface area contributed by atoms with Gasteiger partial charge in [0.1, 0.15) is 183 Å². The number of carbonyl (C=O) groups excluding carboxylic acids is 2. The molecule has 550 valence electrons. The van der Waals surface area contributed by atoms with E-state index in [-0.39, 0.29) is 0 Å². The molecular weight excluding hydrogens is 1310 g/mol. The molecule has 0 spiro atoms. The standard InChI is InChI=1S/C52H86N2O41/c1-10-21(63)26(68)31(73)47(81-10)95-43-42(94-51-35(77)40(25(67)16(7-58)85-51)92-50-33(75)28(70)29(71)41(93-50)44(78)79)37(18(9-60)87-52(43)91-38-19(53-11(2)61)45(80)82-14(5-56)23(38)65)89-49-34(76)30(72)36(17(8-59)86-49)88-46-20(54-12(3)62)39(24(66)15(6-57)83-46)90-48-32(74)27(69)22(64)13(4-55)84-48/h10,13-43,45-52,55-60,63-77,80H,4-9H2,1-3H3,(H,53,61)(H,54,62)(H,78,79)/t10-,13+,14+,15+,16+,17+,18+,19+,20+,21+,22-,23-,24-,25-,26+,27-,28-,29-,30+,31-,32+,33+,34+,35+,36-,37-,38+,39+,40-,41-,42-,43+,45-,46+,47-,48-,49-,50+,51-,52-/m0/s1. The van der Waals surface area contributed by atoms with Gasteiger partial charge in [-0.15, -0.1) is 0 Å². The Morgan fingerprint density at radius 2 is 0.653 bits per heavy atom. The Bertz CT molecular complexity index is 2450. The van der Waals surface area contributed by atoms with Gasteiger partial charge in [-0.1, -0.05) is 0 Å². The lowest BCUT2D eigenvalue weighted by atomic mass is 9.93. The average molecular weight is 1400 g/mol. The van der Waals surface area contributed by atoms with E-state index < -0.39 is 303 Å². The van der Waals surface area contributed by atoms with E-state index in [0.29, 0.717) is 0 Å². The van der Waals surface area contributed by atoms with E-state index in [9.17, 15) is 132 Å². The molecule has 8 saturated heterocycles. The average Bonchev–Trinajstić information content (AvgIpc) is 0.761. The van der Waals surface area contributed by atoms with E-state index in [4.69, 9.17) is 71.1 Å². The number of ether oxygens (including phenoxy) is 15. The molecule has 8 rings (SSSR count). The topological polar surface area (TPSA) is 679 Å². The van der Waals surface area contributed by atoms with Crippen LogP contribution in [-0.2, 0) is 85.4 Å². The summed E-state index contributed by atoms with van der Waals surface area (Å²) in [6, 6.07) is -3.66. The van der Waals surface area contributed by atoms with Crippen molar-refractivity contribution in [2.24, 2.45) is 0 Å². The SMILES string of the molecule is CC(=O)N[C@@H]1[C@@H](O[C@@H]2O[C@H](CO)[C@H](O[C@@H]3O[C@H](CO)[C@H](O[C@H]4O[C@H](CO)[C@H](O)[C@H](O[C@@H]5O[C@H](CO)[C@H](O)[C@H](O)[C@H]5O)[C@H]4NC(C)=O)[C@H](O)[C@H]3O)[C@H](O[C@@H]3O[C@H](CO)[C@H](O)[C@H](O[C@@H]4O[C@H](C(=O)O)[C@@H](O)[C@H](O)[C@H]4O)[C@H]3O)[C@H]2O[C@@H]2O[C@@H](C)[C@@H](O)[C@@H](O)[C@@H]2O)[C@@H](O)[C@@H](CO)O[C@@H]1O. The molecule has 0 unspecified atom stereocenters. The van der Waals surface area contributed by atoms with Crippen LogP contribution >= 0.6 is 0 Å². The van der Waals surface area contributed by atoms with Gasteiger partial charge in [0.05, 0.1) is 45.7 Å². The first-order chi connectivity index (χ1) is 44.9. The van der Waals surface area contributed by atoms with Gasteiger partial charge in [0.15, 0.2) is 56.4 Å². The number of aliphatic carboxylic acids is 1. The van der Waals surface area contributed by atoms with Crippen LogP contribution in [0.5, 0.6) is 0 Å². The minimum absolute atomic E-state index is 0.892. The zero-order valence-electron chi connectivity index (χ0n) is 50.5. The minimum Gasteiger partial charge on any atom is -0.479 e. The van der Waals surface area contributed by atoms with E-state index in [1.807, 2.05) is 0 Å². The van der Waals surface area contributed by atoms with Crippen LogP contribution in [0.4, 0.5) is 0 Å². The third-order valence-electron chi connectivity index (χ3n) is 17.4. The number of aliphatic hydroxyl groups is 22. The number of aliphatic hydroxyl groups excluding tert-OH is 22. The first kappa shape index (κ1) is 77.7. The molecule has 95 heavy (non-hydrogen) atoms. The Labute approximate surface area is 536 Å². The Morgan fingerprint density at radius 3 is 1.19 bits per heavy atom. The van der Waals surface area contributed by atoms with Gasteiger partial charge in [-0.05, 0) is 6.92 Å². The van der Waals surface area contributed by atoms with Crippen LogP contribution < -0.4 is 10.6 Å². The van der Waals surface area contributed by atoms with Crippen LogP contribution in [0.25, 0.3) is 0 Å². The van der Waals surface area contributed by atoms with Gasteiger partial charge < -0.3 is 199 Å². The van der Waals surface area contributed by atoms with Crippen LogP contribution in [-0.4, -0.2) is 420 Å². The van der Waals surface area contributed by atoms with Crippen molar-refractivity contribution in [3.63, 3.8) is 0 Å². The van der Waals surface area contributed by atoms with Crippen LogP contribution in [0.3, 0.4) is 0 Å². The van der Waals surface area contributed by atoms with Crippen molar-refractivity contribution in [3.05, 3.63) is 0 Å². The van der Waals surface area contributed by atoms with E-state index in [2.05, 4.69) is 10.6 Å². The number of carbonyl (C=O) groups is 3. The Balaban J connectivity index is 1.18. The fourth-order valence-electron chi connectivity index (χ4n) is 12.2. The maximum absolute atomic E-state index is 12.8. The molecule has 40 atom stereocenters. The molecule has 0 radical (unpaired) electrons. The highest BCUT2D eigenvalue weighted by Gasteiger charge is 2.61. The number of hydrogen-bond donors (Lipinski definition) is 25. The lowest BCUT2D eigenvalue weighted by molar-refractivity contribution is -0.420. The summed E-state index contributed by atoms with van der Waals surface area (Å²) in [6.07, 6.45) is -81.5. The fraction of sp³-hybridized carbons (Fsp3) is 0.942. The van der Waals surface area contributed by atoms with E-state index in [1.54, 1.807) is 0 Å². The number of carboxylic acids is 1. The minimum atomic E-state index is -2.55. The maximum atomic E-state index is 12.8. The molecule has 25 N–H and O–H groups in total. The normalized spacial score (nSPS) is 50.7. The number of rotatable bonds is 23. The van der Waals surface area contributed by atoms with Gasteiger partial charge >= 0.3 is 5.97 Å². The van der Waals surface area contributed by atoms with Gasteiger partial charge in [-0.3, -0.25) is 9.59 Å². The predicted molar refractivity (Wildman–Crippen MR) is 287 cm³/mol. The molecule has 0 saturated carbocycles. The van der Waals surface area contributed by atoms with Gasteiger partial charge in [-0.2, -0.15) is 0 Å². The fourth-order valence-corrected chi connectivity index (χ4v) is 12.2. The number of hydrogen-bond acceptors (Lipinski definition) is 40. The molecule has 8 aliphatic heterocycles. The lowest BCUT2D eigenvalue weighted by Gasteiger charge is -2.53. The van der Waals surface area contributed by atoms with Crippen molar-refractivity contribution in [2.75, 3.05) is 39.6 Å². The predicted octanol–water partition coefficient (Wildman–Crippen LogP) is -17.0. The molecule has 43 heteroatoms. The van der Waals surface area contributed by atoms with Gasteiger partial charge in [-0.25, -0.2) is 4.79 Å². The van der Waals surface area contributed by atoms with E-state index in [1.165, 1.54) is 6.92 Å². The van der Waals surface area contributed by atoms with Crippen molar-refractivity contribution in [1.82, 2.24) is 10.6 Å². The Morgan fingerprint density at radius 1 is 0.305 bits per heavy atom. The molecular formula is C52H86N2O41. The summed E-state index contributed by atoms with van der Waals surface area (Å²) in [5.41, 5.74) is 0. The largest absolute Gasteiger partial charge is 0.479 e. The van der Waals surface area contributed by atoms with Crippen LogP contribution in [0.1, 0.15) is 20.8 Å². The summed E-state index contributed by atoms with van der Waals surface area (Å²) in [5.74, 6) is -3.70. The zero-order valence-corrected chi connectivity index (χ0v) is 50.5. The Kier molecular flexibility index (Phi) is 27.1. The summed E-state index contributed by atoms with van der Waals surface area (Å²) in [7, 11) is 0. The van der Waals surface area contributed by atoms with Crippen molar-refractivity contribution in [2.45, 2.75) is 266 Å². The molecule has 0 aromatic rings. The maximum Gasteiger partial charge on any atom is 0.335 e. The molecule has 8 aliphatic rings. The van der Waals surface area contributed by atoms with Crippen molar-refractivity contribution >= 4 is 17.8 Å². The second-order valence-electron chi connectivity index (χ2n) is 23.9. The zero-order chi connectivity index (χ0) is 70.1. The molecule has 8 fully saturated rings. The smallest absolute Gasteiger partial charge is 0.335 e. The van der Waals surface area contributed by atoms with Crippen LogP contribution in [0.15, 0.2) is 0 Å². The van der Waals surface area contributed by atoms with Crippen molar-refractivity contribution in [1.29, 1.82) is 0 Å². The molecule has 0 aromatic carbocycles. The Hall–Kier alpha value is -3.07. The highest BCUT2D eigenvalue weighted by atomic mass is 16.8. The summed E-state index contributed by atoms with van der Waals surface area (Å²) in [6.45, 7) is -3.70. The van der Waals surface area contributed by atoms with Crippen molar-refractivity contribution in [3.8, 4) is 0 Å². The molecule has 0 bridgehead atoms. The summed E-state index contributed by atoms with van der Waals surface area (Å²) in [4.78, 5) is 37.5. The molecule has 2 amide bonds. The first-order valence-electron chi connectivity index (χ1n) is 30.0. The third-order valence-corrected chi connectivity index (χ3v) is 17.4. The lowest BCUT2D eigenvalue weighted by Crippen LogP contribution is -2.71. The van der Waals surface area contributed by atoms with Gasteiger partial charge in [0, 0.05) is 13.8 Å². The molecule has 0 aliphatic carbocycles. The summed E-state index contributed by atoms with van der Waals surface area (Å²) >= 11 is 0. The molecule has 8 heterocycles. The summed E-state index contributed by atoms with van der Waals surface area (Å²) < 4.78 is 88.3. The monoisotopic (exact) mass is 1390 g/mol. The van der Waals surface area contributed by atoms with E-state index in [0.717, 1.165) is 13.8 Å². The first-order valence-corrected chi connectivity index (χ1v) is 30.0. The number of nitrogens with one attached hydrogen (secondary N) is 2. The number of amides is 2. The van der Waals surface area contributed by atoms with Gasteiger partial charge in [0.25, 0.3) is 0 Å². The van der Waals surface area contributed by atoms with Gasteiger partial charge in [0.2, 0.25) is 11.8 Å².